The van der Waals surface area contributed by atoms with Crippen molar-refractivity contribution >= 4 is 22.8 Å². The Morgan fingerprint density at radius 1 is 1.00 bits per heavy atom. The highest BCUT2D eigenvalue weighted by Gasteiger charge is 2.12. The first kappa shape index (κ1) is 17.8. The molecule has 1 atom stereocenters. The summed E-state index contributed by atoms with van der Waals surface area (Å²) in [5, 5.41) is 14.4. The fourth-order valence-corrected chi connectivity index (χ4v) is 2.72. The van der Waals surface area contributed by atoms with E-state index in [1.807, 2.05) is 42.5 Å². The summed E-state index contributed by atoms with van der Waals surface area (Å²) in [7, 11) is 0. The number of hydrogen-bond donors (Lipinski definition) is 2. The summed E-state index contributed by atoms with van der Waals surface area (Å²) in [4.78, 5) is 12.1. The SMILES string of the molecule is O=C(C=Cc1cc(F)cc(F)c1)N[C@@H](CO)c1ccc2ccccc2c1. The van der Waals surface area contributed by atoms with Gasteiger partial charge in [0, 0.05) is 12.1 Å². The summed E-state index contributed by atoms with van der Waals surface area (Å²) >= 11 is 0. The van der Waals surface area contributed by atoms with Crippen LogP contribution in [0.1, 0.15) is 17.2 Å². The Labute approximate surface area is 149 Å². The first-order chi connectivity index (χ1) is 12.5. The molecule has 5 heteroatoms. The Hall–Kier alpha value is -3.05. The molecule has 0 aliphatic rings. The van der Waals surface area contributed by atoms with E-state index < -0.39 is 23.6 Å². The number of benzene rings is 3. The molecule has 0 saturated carbocycles. The van der Waals surface area contributed by atoms with Crippen LogP contribution in [0.5, 0.6) is 0 Å². The van der Waals surface area contributed by atoms with E-state index in [2.05, 4.69) is 5.32 Å². The fourth-order valence-electron chi connectivity index (χ4n) is 2.72. The van der Waals surface area contributed by atoms with Gasteiger partial charge in [0.1, 0.15) is 11.6 Å². The largest absolute Gasteiger partial charge is 0.394 e. The summed E-state index contributed by atoms with van der Waals surface area (Å²) in [6.07, 6.45) is 2.49. The van der Waals surface area contributed by atoms with Gasteiger partial charge in [0.25, 0.3) is 0 Å². The summed E-state index contributed by atoms with van der Waals surface area (Å²) in [5.41, 5.74) is 1.01. The lowest BCUT2D eigenvalue weighted by molar-refractivity contribution is -0.117. The van der Waals surface area contributed by atoms with Crippen LogP contribution >= 0.6 is 0 Å². The molecule has 0 radical (unpaired) electrons. The number of aliphatic hydroxyl groups excluding tert-OH is 1. The minimum absolute atomic E-state index is 0.240. The zero-order chi connectivity index (χ0) is 18.5. The Kier molecular flexibility index (Phi) is 5.39. The maximum Gasteiger partial charge on any atom is 0.244 e. The molecule has 0 bridgehead atoms. The second-order valence-corrected chi connectivity index (χ2v) is 5.89. The number of carbonyl (C=O) groups excluding carboxylic acids is 1. The topological polar surface area (TPSA) is 49.3 Å². The van der Waals surface area contributed by atoms with Gasteiger partial charge in [0.15, 0.2) is 0 Å². The van der Waals surface area contributed by atoms with E-state index in [9.17, 15) is 18.7 Å². The zero-order valence-corrected chi connectivity index (χ0v) is 13.8. The molecule has 0 heterocycles. The third kappa shape index (κ3) is 4.32. The molecule has 3 aromatic carbocycles. The Bertz CT molecular complexity index is 949. The second kappa shape index (κ2) is 7.89. The van der Waals surface area contributed by atoms with Crippen molar-refractivity contribution in [1.29, 1.82) is 0 Å². The molecule has 0 aromatic heterocycles. The number of rotatable bonds is 5. The Morgan fingerprint density at radius 3 is 2.38 bits per heavy atom. The van der Waals surface area contributed by atoms with Crippen LogP contribution in [0.4, 0.5) is 8.78 Å². The van der Waals surface area contributed by atoms with Crippen LogP contribution in [0.25, 0.3) is 16.8 Å². The molecule has 26 heavy (non-hydrogen) atoms. The van der Waals surface area contributed by atoms with E-state index in [1.165, 1.54) is 12.2 Å². The van der Waals surface area contributed by atoms with Crippen molar-refractivity contribution in [1.82, 2.24) is 5.32 Å². The highest BCUT2D eigenvalue weighted by atomic mass is 19.1. The summed E-state index contributed by atoms with van der Waals surface area (Å²) < 4.78 is 26.3. The average Bonchev–Trinajstić information content (AvgIpc) is 2.63. The van der Waals surface area contributed by atoms with Crippen molar-refractivity contribution in [2.24, 2.45) is 0 Å². The minimum Gasteiger partial charge on any atom is -0.394 e. The van der Waals surface area contributed by atoms with Gasteiger partial charge in [0.05, 0.1) is 12.6 Å². The summed E-state index contributed by atoms with van der Waals surface area (Å²) in [5.74, 6) is -1.90. The van der Waals surface area contributed by atoms with Gasteiger partial charge in [-0.25, -0.2) is 8.78 Å². The monoisotopic (exact) mass is 353 g/mol. The highest BCUT2D eigenvalue weighted by Crippen LogP contribution is 2.20. The van der Waals surface area contributed by atoms with E-state index in [0.717, 1.165) is 34.5 Å². The number of halogens is 2. The van der Waals surface area contributed by atoms with Gasteiger partial charge in [0.2, 0.25) is 5.91 Å². The van der Waals surface area contributed by atoms with E-state index in [1.54, 1.807) is 0 Å². The highest BCUT2D eigenvalue weighted by molar-refractivity contribution is 5.92. The van der Waals surface area contributed by atoms with Crippen molar-refractivity contribution in [2.45, 2.75) is 6.04 Å². The molecular formula is C21H17F2NO2. The molecule has 3 rings (SSSR count). The predicted molar refractivity (Wildman–Crippen MR) is 97.3 cm³/mol. The summed E-state index contributed by atoms with van der Waals surface area (Å²) in [6.45, 7) is -0.271. The number of aliphatic hydroxyl groups is 1. The maximum absolute atomic E-state index is 13.2. The van der Waals surface area contributed by atoms with E-state index in [4.69, 9.17) is 0 Å². The van der Waals surface area contributed by atoms with Gasteiger partial charge in [-0.3, -0.25) is 4.79 Å². The molecule has 0 aliphatic heterocycles. The van der Waals surface area contributed by atoms with Gasteiger partial charge in [-0.2, -0.15) is 0 Å². The Morgan fingerprint density at radius 2 is 1.69 bits per heavy atom. The molecule has 1 amide bonds. The van der Waals surface area contributed by atoms with Gasteiger partial charge in [-0.05, 0) is 46.2 Å². The Balaban J connectivity index is 1.74. The van der Waals surface area contributed by atoms with Crippen molar-refractivity contribution in [3.63, 3.8) is 0 Å². The van der Waals surface area contributed by atoms with E-state index in [0.29, 0.717) is 0 Å². The smallest absolute Gasteiger partial charge is 0.244 e. The molecular weight excluding hydrogens is 336 g/mol. The zero-order valence-electron chi connectivity index (χ0n) is 13.8. The quantitative estimate of drug-likeness (QED) is 0.682. The molecule has 0 saturated heterocycles. The van der Waals surface area contributed by atoms with Crippen LogP contribution in [0.15, 0.2) is 66.7 Å². The molecule has 0 fully saturated rings. The number of fused-ring (bicyclic) bond motifs is 1. The number of hydrogen-bond acceptors (Lipinski definition) is 2. The summed E-state index contributed by atoms with van der Waals surface area (Å²) in [6, 6.07) is 15.9. The van der Waals surface area contributed by atoms with Crippen LogP contribution in [-0.2, 0) is 4.79 Å². The lowest BCUT2D eigenvalue weighted by Gasteiger charge is -2.16. The van der Waals surface area contributed by atoms with Gasteiger partial charge >= 0.3 is 0 Å². The van der Waals surface area contributed by atoms with E-state index in [-0.39, 0.29) is 12.2 Å². The van der Waals surface area contributed by atoms with Crippen molar-refractivity contribution < 1.29 is 18.7 Å². The van der Waals surface area contributed by atoms with Gasteiger partial charge in [-0.15, -0.1) is 0 Å². The predicted octanol–water partition coefficient (Wildman–Crippen LogP) is 3.98. The third-order valence-electron chi connectivity index (χ3n) is 3.99. The van der Waals surface area contributed by atoms with Crippen LogP contribution in [0, 0.1) is 11.6 Å². The molecule has 0 spiro atoms. The van der Waals surface area contributed by atoms with Gasteiger partial charge in [-0.1, -0.05) is 36.4 Å². The van der Waals surface area contributed by atoms with Crippen molar-refractivity contribution in [3.8, 4) is 0 Å². The molecule has 0 aliphatic carbocycles. The number of amides is 1. The van der Waals surface area contributed by atoms with Crippen LogP contribution < -0.4 is 5.32 Å². The first-order valence-corrected chi connectivity index (χ1v) is 8.09. The van der Waals surface area contributed by atoms with Crippen molar-refractivity contribution in [2.75, 3.05) is 6.61 Å². The molecule has 132 valence electrons. The number of carbonyl (C=O) groups is 1. The van der Waals surface area contributed by atoms with Crippen molar-refractivity contribution in [3.05, 3.63) is 89.5 Å². The molecule has 3 nitrogen and oxygen atoms in total. The third-order valence-corrected chi connectivity index (χ3v) is 3.99. The standard InChI is InChI=1S/C21H17F2NO2/c22-18-9-14(10-19(23)12-18)5-8-21(26)24-20(13-25)17-7-6-15-3-1-2-4-16(15)11-17/h1-12,20,25H,13H2,(H,24,26)/t20-/m0/s1. The van der Waals surface area contributed by atoms with Crippen LogP contribution in [0.3, 0.4) is 0 Å². The van der Waals surface area contributed by atoms with Gasteiger partial charge < -0.3 is 10.4 Å². The second-order valence-electron chi connectivity index (χ2n) is 5.89. The molecule has 0 unspecified atom stereocenters. The average molecular weight is 353 g/mol. The normalized spacial score (nSPS) is 12.4. The number of nitrogens with one attached hydrogen (secondary N) is 1. The lowest BCUT2D eigenvalue weighted by Crippen LogP contribution is -2.29. The van der Waals surface area contributed by atoms with Crippen LogP contribution in [-0.4, -0.2) is 17.6 Å². The lowest BCUT2D eigenvalue weighted by atomic mass is 10.0. The maximum atomic E-state index is 13.2. The minimum atomic E-state index is -0.713. The van der Waals surface area contributed by atoms with E-state index >= 15 is 0 Å². The molecule has 2 N–H and O–H groups in total. The first-order valence-electron chi connectivity index (χ1n) is 8.09. The molecule has 3 aromatic rings. The fraction of sp³-hybridized carbons (Fsp3) is 0.0952. The van der Waals surface area contributed by atoms with Crippen LogP contribution in [0.2, 0.25) is 0 Å².